The van der Waals surface area contributed by atoms with Crippen molar-refractivity contribution < 1.29 is 0 Å². The second-order valence-corrected chi connectivity index (χ2v) is 5.43. The van der Waals surface area contributed by atoms with Gasteiger partial charge in [-0.1, -0.05) is 6.07 Å². The van der Waals surface area contributed by atoms with Crippen LogP contribution in [0.3, 0.4) is 0 Å². The lowest BCUT2D eigenvalue weighted by atomic mass is 10.1. The zero-order valence-electron chi connectivity index (χ0n) is 11.3. The highest BCUT2D eigenvalue weighted by Gasteiger charge is 2.28. The van der Waals surface area contributed by atoms with E-state index in [1.54, 1.807) is 0 Å². The number of rotatable bonds is 3. The predicted octanol–water partition coefficient (Wildman–Crippen LogP) is 3.43. The van der Waals surface area contributed by atoms with Crippen molar-refractivity contribution >= 4 is 0 Å². The molecule has 0 bridgehead atoms. The van der Waals surface area contributed by atoms with E-state index in [0.29, 0.717) is 12.3 Å². The predicted molar refractivity (Wildman–Crippen MR) is 74.3 cm³/mol. The Morgan fingerprint density at radius 3 is 2.47 bits per heavy atom. The number of hydrogen-bond donors (Lipinski definition) is 0. The number of benzene rings is 1. The van der Waals surface area contributed by atoms with Crippen LogP contribution in [0.15, 0.2) is 24.3 Å². The standard InChI is InChI=1S/C16H17N3/c1-11-7-12(2)9-15(8-11)19-16(13-3-4-13)10-14(18-19)5-6-17/h7-10,13H,3-5H2,1-2H3. The third-order valence-electron chi connectivity index (χ3n) is 3.49. The fourth-order valence-electron chi connectivity index (χ4n) is 2.56. The normalized spacial score (nSPS) is 14.4. The molecule has 19 heavy (non-hydrogen) atoms. The van der Waals surface area contributed by atoms with Crippen molar-refractivity contribution in [3.63, 3.8) is 0 Å². The van der Waals surface area contributed by atoms with E-state index in [1.807, 2.05) is 4.68 Å². The third-order valence-corrected chi connectivity index (χ3v) is 3.49. The van der Waals surface area contributed by atoms with Gasteiger partial charge in [0.1, 0.15) is 0 Å². The zero-order chi connectivity index (χ0) is 13.4. The molecule has 1 aromatic heterocycles. The highest BCUT2D eigenvalue weighted by atomic mass is 15.3. The van der Waals surface area contributed by atoms with Gasteiger partial charge in [-0.2, -0.15) is 10.4 Å². The Balaban J connectivity index is 2.09. The SMILES string of the molecule is Cc1cc(C)cc(-n2nc(CC#N)cc2C2CC2)c1. The van der Waals surface area contributed by atoms with Crippen LogP contribution in [-0.4, -0.2) is 9.78 Å². The van der Waals surface area contributed by atoms with Gasteiger partial charge in [0.25, 0.3) is 0 Å². The van der Waals surface area contributed by atoms with Crippen LogP contribution in [0.4, 0.5) is 0 Å². The number of hydrogen-bond acceptors (Lipinski definition) is 2. The van der Waals surface area contributed by atoms with E-state index < -0.39 is 0 Å². The Kier molecular flexibility index (Phi) is 2.87. The van der Waals surface area contributed by atoms with Crippen molar-refractivity contribution in [3.8, 4) is 11.8 Å². The third kappa shape index (κ3) is 2.39. The summed E-state index contributed by atoms with van der Waals surface area (Å²) in [5.74, 6) is 0.626. The molecule has 1 aliphatic carbocycles. The molecule has 3 nitrogen and oxygen atoms in total. The van der Waals surface area contributed by atoms with Crippen molar-refractivity contribution in [3.05, 3.63) is 46.8 Å². The van der Waals surface area contributed by atoms with Crippen molar-refractivity contribution in [2.24, 2.45) is 0 Å². The molecule has 0 saturated heterocycles. The van der Waals surface area contributed by atoms with Crippen molar-refractivity contribution in [1.29, 1.82) is 5.26 Å². The summed E-state index contributed by atoms with van der Waals surface area (Å²) >= 11 is 0. The maximum absolute atomic E-state index is 8.83. The van der Waals surface area contributed by atoms with Gasteiger partial charge >= 0.3 is 0 Å². The van der Waals surface area contributed by atoms with E-state index >= 15 is 0 Å². The summed E-state index contributed by atoms with van der Waals surface area (Å²) in [5, 5.41) is 13.4. The van der Waals surface area contributed by atoms with Crippen LogP contribution in [0.1, 0.15) is 41.3 Å². The first-order chi connectivity index (χ1) is 9.17. The first kappa shape index (κ1) is 12.0. The highest BCUT2D eigenvalue weighted by Crippen LogP contribution is 2.41. The lowest BCUT2D eigenvalue weighted by molar-refractivity contribution is 0.793. The second kappa shape index (κ2) is 4.55. The molecular weight excluding hydrogens is 234 g/mol. The Hall–Kier alpha value is -2.08. The first-order valence-corrected chi connectivity index (χ1v) is 6.72. The molecule has 0 aliphatic heterocycles. The number of aryl methyl sites for hydroxylation is 2. The van der Waals surface area contributed by atoms with Crippen LogP contribution in [0.25, 0.3) is 5.69 Å². The highest BCUT2D eigenvalue weighted by molar-refractivity contribution is 5.41. The van der Waals surface area contributed by atoms with Crippen LogP contribution < -0.4 is 0 Å². The Morgan fingerprint density at radius 1 is 1.21 bits per heavy atom. The lowest BCUT2D eigenvalue weighted by Gasteiger charge is -2.08. The van der Waals surface area contributed by atoms with E-state index in [2.05, 4.69) is 49.3 Å². The summed E-state index contributed by atoms with van der Waals surface area (Å²) in [6.45, 7) is 4.21. The molecule has 0 spiro atoms. The molecule has 0 radical (unpaired) electrons. The summed E-state index contributed by atoms with van der Waals surface area (Å²) in [7, 11) is 0. The van der Waals surface area contributed by atoms with Crippen LogP contribution in [0.2, 0.25) is 0 Å². The Bertz CT molecular complexity index is 637. The van der Waals surface area contributed by atoms with Crippen LogP contribution in [-0.2, 0) is 6.42 Å². The lowest BCUT2D eigenvalue weighted by Crippen LogP contribution is -2.02. The quantitative estimate of drug-likeness (QED) is 0.838. The molecule has 3 heteroatoms. The Morgan fingerprint density at radius 2 is 1.89 bits per heavy atom. The van der Waals surface area contributed by atoms with E-state index in [4.69, 9.17) is 5.26 Å². The molecule has 96 valence electrons. The molecule has 1 aliphatic rings. The van der Waals surface area contributed by atoms with Gasteiger partial charge in [-0.15, -0.1) is 0 Å². The van der Waals surface area contributed by atoms with Gasteiger partial charge in [0, 0.05) is 11.6 Å². The van der Waals surface area contributed by atoms with Gasteiger partial charge in [0.15, 0.2) is 0 Å². The van der Waals surface area contributed by atoms with E-state index in [0.717, 1.165) is 11.4 Å². The van der Waals surface area contributed by atoms with E-state index in [9.17, 15) is 0 Å². The van der Waals surface area contributed by atoms with Gasteiger partial charge in [-0.3, -0.25) is 0 Å². The minimum Gasteiger partial charge on any atom is -0.237 e. The fraction of sp³-hybridized carbons (Fsp3) is 0.375. The summed E-state index contributed by atoms with van der Waals surface area (Å²) in [6.07, 6.45) is 2.86. The maximum atomic E-state index is 8.83. The van der Waals surface area contributed by atoms with Gasteiger partial charge in [0.05, 0.1) is 23.9 Å². The van der Waals surface area contributed by atoms with Crippen molar-refractivity contribution in [2.75, 3.05) is 0 Å². The smallest absolute Gasteiger partial charge is 0.0793 e. The minimum absolute atomic E-state index is 0.386. The van der Waals surface area contributed by atoms with Gasteiger partial charge in [-0.25, -0.2) is 4.68 Å². The largest absolute Gasteiger partial charge is 0.237 e. The molecule has 0 unspecified atom stereocenters. The second-order valence-electron chi connectivity index (χ2n) is 5.43. The van der Waals surface area contributed by atoms with Gasteiger partial charge < -0.3 is 0 Å². The summed E-state index contributed by atoms with van der Waals surface area (Å²) in [6, 6.07) is 10.8. The van der Waals surface area contributed by atoms with Gasteiger partial charge in [0.2, 0.25) is 0 Å². The molecule has 1 heterocycles. The molecule has 1 saturated carbocycles. The summed E-state index contributed by atoms with van der Waals surface area (Å²) in [4.78, 5) is 0. The maximum Gasteiger partial charge on any atom is 0.0793 e. The Labute approximate surface area is 113 Å². The van der Waals surface area contributed by atoms with Crippen LogP contribution in [0.5, 0.6) is 0 Å². The molecule has 1 aromatic carbocycles. The van der Waals surface area contributed by atoms with E-state index in [1.165, 1.54) is 29.7 Å². The monoisotopic (exact) mass is 251 g/mol. The first-order valence-electron chi connectivity index (χ1n) is 6.72. The average Bonchev–Trinajstić information content (AvgIpc) is 3.10. The molecule has 2 aromatic rings. The zero-order valence-corrected chi connectivity index (χ0v) is 11.3. The number of nitrogens with zero attached hydrogens (tertiary/aromatic N) is 3. The molecular formula is C16H17N3. The van der Waals surface area contributed by atoms with Gasteiger partial charge in [-0.05, 0) is 56.0 Å². The molecule has 0 N–H and O–H groups in total. The van der Waals surface area contributed by atoms with E-state index in [-0.39, 0.29) is 0 Å². The molecule has 1 fully saturated rings. The fourth-order valence-corrected chi connectivity index (χ4v) is 2.56. The van der Waals surface area contributed by atoms with Crippen molar-refractivity contribution in [2.45, 2.75) is 39.0 Å². The molecule has 0 amide bonds. The minimum atomic E-state index is 0.386. The average molecular weight is 251 g/mol. The van der Waals surface area contributed by atoms with Crippen LogP contribution >= 0.6 is 0 Å². The van der Waals surface area contributed by atoms with Crippen molar-refractivity contribution in [1.82, 2.24) is 9.78 Å². The number of nitriles is 1. The molecule has 0 atom stereocenters. The van der Waals surface area contributed by atoms with Crippen LogP contribution in [0, 0.1) is 25.2 Å². The summed E-state index contributed by atoms with van der Waals surface area (Å²) in [5.41, 5.74) is 5.74. The topological polar surface area (TPSA) is 41.6 Å². The summed E-state index contributed by atoms with van der Waals surface area (Å²) < 4.78 is 2.03. The number of aromatic nitrogens is 2. The molecule has 3 rings (SSSR count).